The summed E-state index contributed by atoms with van der Waals surface area (Å²) < 4.78 is 6.52. The maximum Gasteiger partial charge on any atom is 0.328 e. The number of aryl methyl sites for hydroxylation is 1. The molecule has 0 spiro atoms. The van der Waals surface area contributed by atoms with E-state index >= 15 is 0 Å². The zero-order valence-electron chi connectivity index (χ0n) is 19.5. The van der Waals surface area contributed by atoms with E-state index in [-0.39, 0.29) is 10.8 Å². The highest BCUT2D eigenvalue weighted by Gasteiger charge is 2.53. The Bertz CT molecular complexity index is 879. The third-order valence-electron chi connectivity index (χ3n) is 8.11. The summed E-state index contributed by atoms with van der Waals surface area (Å²) in [6.45, 7) is 13.6. The van der Waals surface area contributed by atoms with Crippen LogP contribution in [0.15, 0.2) is 23.8 Å². The van der Waals surface area contributed by atoms with Crippen LogP contribution in [0.5, 0.6) is 5.75 Å². The van der Waals surface area contributed by atoms with Gasteiger partial charge in [-0.3, -0.25) is 0 Å². The van der Waals surface area contributed by atoms with E-state index in [2.05, 4.69) is 52.9 Å². The number of hydrogen-bond donors (Lipinski definition) is 1. The summed E-state index contributed by atoms with van der Waals surface area (Å²) in [6.07, 6.45) is 8.19. The molecule has 0 amide bonds. The molecule has 0 unspecified atom stereocenters. The topological polar surface area (TPSA) is 46.5 Å². The predicted molar refractivity (Wildman–Crippen MR) is 124 cm³/mol. The lowest BCUT2D eigenvalue weighted by Crippen LogP contribution is -2.40. The van der Waals surface area contributed by atoms with Crippen molar-refractivity contribution in [1.82, 2.24) is 0 Å². The zero-order valence-corrected chi connectivity index (χ0v) is 20.5. The van der Waals surface area contributed by atoms with Crippen molar-refractivity contribution >= 4 is 15.0 Å². The van der Waals surface area contributed by atoms with E-state index in [0.717, 1.165) is 37.9 Å². The molecule has 1 aromatic carbocycles. The van der Waals surface area contributed by atoms with E-state index < -0.39 is 15.0 Å². The first-order valence-electron chi connectivity index (χ1n) is 11.6. The van der Waals surface area contributed by atoms with E-state index in [1.807, 2.05) is 0 Å². The van der Waals surface area contributed by atoms with Crippen molar-refractivity contribution in [3.8, 4) is 5.75 Å². The van der Waals surface area contributed by atoms with Crippen LogP contribution in [-0.2, 0) is 16.6 Å². The molecule has 3 aliphatic carbocycles. The Morgan fingerprint density at radius 3 is 2.57 bits per heavy atom. The van der Waals surface area contributed by atoms with Crippen LogP contribution in [0.1, 0.15) is 82.4 Å². The highest BCUT2D eigenvalue weighted by Crippen LogP contribution is 2.63. The molecule has 4 atom stereocenters. The molecule has 0 aromatic heterocycles. The highest BCUT2D eigenvalue weighted by molar-refractivity contribution is 6.49. The van der Waals surface area contributed by atoms with Gasteiger partial charge in [0.1, 0.15) is 5.75 Å². The van der Waals surface area contributed by atoms with Crippen molar-refractivity contribution in [3.05, 3.63) is 40.5 Å². The molecule has 2 saturated carbocycles. The quantitative estimate of drug-likeness (QED) is 0.445. The number of carboxylic acid groups (broad SMARTS) is 1. The summed E-state index contributed by atoms with van der Waals surface area (Å²) in [5, 5.41) is 9.36. The molecule has 0 aliphatic heterocycles. The van der Waals surface area contributed by atoms with Gasteiger partial charge in [-0.05, 0) is 103 Å². The minimum atomic E-state index is -0.843. The fourth-order valence-electron chi connectivity index (χ4n) is 6.65. The molecule has 0 saturated heterocycles. The van der Waals surface area contributed by atoms with Gasteiger partial charge in [0.25, 0.3) is 9.04 Å². The molecule has 3 nitrogen and oxygen atoms in total. The SMILES string of the molecule is C[Si](C)Oc1cc(C(C)(C)C)cc2c1[C@H]1CC[C@]3(C)/C(=C\C(=O)O)CC[C@H]3[C@@H]1CC2. The number of benzene rings is 1. The van der Waals surface area contributed by atoms with Crippen molar-refractivity contribution in [2.24, 2.45) is 17.3 Å². The predicted octanol–water partition coefficient (Wildman–Crippen LogP) is 6.48. The number of aliphatic carboxylic acids is 1. The molecular weight excluding hydrogens is 388 g/mol. The van der Waals surface area contributed by atoms with Crippen LogP contribution < -0.4 is 4.43 Å². The summed E-state index contributed by atoms with van der Waals surface area (Å²) in [4.78, 5) is 11.4. The van der Waals surface area contributed by atoms with Crippen molar-refractivity contribution in [1.29, 1.82) is 0 Å². The molecule has 1 aromatic rings. The Labute approximate surface area is 183 Å². The van der Waals surface area contributed by atoms with Gasteiger partial charge in [0.15, 0.2) is 0 Å². The third kappa shape index (κ3) is 3.66. The molecule has 1 N–H and O–H groups in total. The summed E-state index contributed by atoms with van der Waals surface area (Å²) in [5.74, 6) is 2.16. The number of hydrogen-bond acceptors (Lipinski definition) is 2. The van der Waals surface area contributed by atoms with E-state index in [9.17, 15) is 9.90 Å². The highest BCUT2D eigenvalue weighted by atomic mass is 28.3. The van der Waals surface area contributed by atoms with Gasteiger partial charge < -0.3 is 9.53 Å². The van der Waals surface area contributed by atoms with Gasteiger partial charge >= 0.3 is 5.97 Å². The van der Waals surface area contributed by atoms with Crippen LogP contribution in [0, 0.1) is 17.3 Å². The molecule has 0 bridgehead atoms. The smallest absolute Gasteiger partial charge is 0.328 e. The monoisotopic (exact) mass is 425 g/mol. The maximum absolute atomic E-state index is 11.4. The van der Waals surface area contributed by atoms with Gasteiger partial charge in [-0.15, -0.1) is 0 Å². The maximum atomic E-state index is 11.4. The van der Waals surface area contributed by atoms with Crippen LogP contribution in [0.2, 0.25) is 13.1 Å². The Hall–Kier alpha value is -1.55. The van der Waals surface area contributed by atoms with Crippen LogP contribution in [0.3, 0.4) is 0 Å². The van der Waals surface area contributed by atoms with Crippen molar-refractivity contribution in [2.75, 3.05) is 0 Å². The molecule has 3 aliphatic rings. The molecule has 1 radical (unpaired) electrons. The van der Waals surface area contributed by atoms with Crippen LogP contribution >= 0.6 is 0 Å². The number of carboxylic acids is 1. The second-order valence-corrected chi connectivity index (χ2v) is 13.2. The van der Waals surface area contributed by atoms with Gasteiger partial charge in [0.05, 0.1) is 0 Å². The minimum Gasteiger partial charge on any atom is -0.542 e. The molecule has 30 heavy (non-hydrogen) atoms. The van der Waals surface area contributed by atoms with Gasteiger partial charge in [-0.25, -0.2) is 4.79 Å². The first kappa shape index (κ1) is 21.7. The van der Waals surface area contributed by atoms with Gasteiger partial charge in [-0.2, -0.15) is 0 Å². The lowest BCUT2D eigenvalue weighted by Gasteiger charge is -2.50. The van der Waals surface area contributed by atoms with Gasteiger partial charge in [0, 0.05) is 6.08 Å². The van der Waals surface area contributed by atoms with Crippen molar-refractivity contribution < 1.29 is 14.3 Å². The van der Waals surface area contributed by atoms with E-state index in [4.69, 9.17) is 4.43 Å². The average molecular weight is 426 g/mol. The molecule has 2 fully saturated rings. The largest absolute Gasteiger partial charge is 0.542 e. The number of allylic oxidation sites excluding steroid dienone is 1. The zero-order chi connectivity index (χ0) is 21.8. The first-order chi connectivity index (χ1) is 14.0. The second-order valence-electron chi connectivity index (χ2n) is 11.2. The minimum absolute atomic E-state index is 0.0634. The molecule has 4 rings (SSSR count). The lowest BCUT2D eigenvalue weighted by molar-refractivity contribution is -0.131. The van der Waals surface area contributed by atoms with Crippen LogP contribution in [0.25, 0.3) is 0 Å². The summed E-state index contributed by atoms with van der Waals surface area (Å²) in [7, 11) is -0.843. The molecule has 163 valence electrons. The van der Waals surface area contributed by atoms with E-state index in [1.54, 1.807) is 0 Å². The average Bonchev–Trinajstić information content (AvgIpc) is 2.96. The standard InChI is InChI=1S/C26H37O3Si/c1-25(2,3)18-13-16-7-9-19-20(24(16)22(14-18)29-30(5)6)11-12-26(4)17(15-23(27)28)8-10-21(19)26/h13-15,19-21H,7-12H2,1-6H3,(H,27,28)/b17-15-/t19-,20+,21+,26-/m1/s1. The second kappa shape index (κ2) is 7.54. The summed E-state index contributed by atoms with van der Waals surface area (Å²) in [5.41, 5.74) is 5.73. The van der Waals surface area contributed by atoms with Crippen molar-refractivity contribution in [2.45, 2.75) is 90.6 Å². The number of rotatable bonds is 3. The normalized spacial score (nSPS) is 32.0. The van der Waals surface area contributed by atoms with Crippen LogP contribution in [-0.4, -0.2) is 20.1 Å². The summed E-state index contributed by atoms with van der Waals surface area (Å²) >= 11 is 0. The van der Waals surface area contributed by atoms with E-state index in [0.29, 0.717) is 17.8 Å². The fraction of sp³-hybridized carbons (Fsp3) is 0.654. The number of fused-ring (bicyclic) bond motifs is 5. The van der Waals surface area contributed by atoms with Crippen molar-refractivity contribution in [3.63, 3.8) is 0 Å². The Morgan fingerprint density at radius 1 is 1.20 bits per heavy atom. The third-order valence-corrected chi connectivity index (χ3v) is 8.74. The van der Waals surface area contributed by atoms with Gasteiger partial charge in [0.2, 0.25) is 0 Å². The molecule has 0 heterocycles. The molecular formula is C26H37O3Si. The fourth-order valence-corrected chi connectivity index (χ4v) is 7.26. The Morgan fingerprint density at radius 2 is 1.93 bits per heavy atom. The summed E-state index contributed by atoms with van der Waals surface area (Å²) in [6, 6.07) is 4.78. The lowest BCUT2D eigenvalue weighted by atomic mass is 9.55. The Kier molecular flexibility index (Phi) is 5.45. The molecule has 4 heteroatoms. The first-order valence-corrected chi connectivity index (χ1v) is 14.0. The Balaban J connectivity index is 1.75. The number of carbonyl (C=O) groups is 1. The van der Waals surface area contributed by atoms with Gasteiger partial charge in [-0.1, -0.05) is 39.3 Å². The van der Waals surface area contributed by atoms with E-state index in [1.165, 1.54) is 34.8 Å². The van der Waals surface area contributed by atoms with Crippen LogP contribution in [0.4, 0.5) is 0 Å².